The van der Waals surface area contributed by atoms with Crippen LogP contribution in [0.4, 0.5) is 0 Å². The summed E-state index contributed by atoms with van der Waals surface area (Å²) in [5.74, 6) is 0.941. The van der Waals surface area contributed by atoms with Gasteiger partial charge in [-0.25, -0.2) is 0 Å². The third-order valence-electron chi connectivity index (χ3n) is 3.98. The summed E-state index contributed by atoms with van der Waals surface area (Å²) in [7, 11) is 0. The molecule has 2 unspecified atom stereocenters. The summed E-state index contributed by atoms with van der Waals surface area (Å²) in [4.78, 5) is 12.1. The number of carbonyl (C=O) groups excluding carboxylic acids is 1. The standard InChI is InChI=1S/C15H22N2O2/c1-3-15(2,10-16)14(18)17-9-12-8-11-6-4-5-7-13(11)19-12/h4-7,12H,3,8-10,16H2,1-2H3,(H,17,18). The van der Waals surface area contributed by atoms with E-state index in [9.17, 15) is 4.79 Å². The predicted molar refractivity (Wildman–Crippen MR) is 75.0 cm³/mol. The molecule has 0 radical (unpaired) electrons. The number of hydrogen-bond acceptors (Lipinski definition) is 3. The van der Waals surface area contributed by atoms with E-state index in [4.69, 9.17) is 10.5 Å². The van der Waals surface area contributed by atoms with Crippen molar-refractivity contribution in [2.45, 2.75) is 32.8 Å². The zero-order valence-corrected chi connectivity index (χ0v) is 11.6. The number of ether oxygens (including phenoxy) is 1. The van der Waals surface area contributed by atoms with E-state index < -0.39 is 5.41 Å². The van der Waals surface area contributed by atoms with Crippen LogP contribution in [-0.2, 0) is 11.2 Å². The molecule has 1 amide bonds. The van der Waals surface area contributed by atoms with Crippen molar-refractivity contribution in [2.24, 2.45) is 11.1 Å². The van der Waals surface area contributed by atoms with Crippen molar-refractivity contribution in [1.29, 1.82) is 0 Å². The van der Waals surface area contributed by atoms with Crippen LogP contribution in [0.5, 0.6) is 5.75 Å². The normalized spacial score (nSPS) is 20.3. The van der Waals surface area contributed by atoms with Crippen LogP contribution in [0.25, 0.3) is 0 Å². The Hall–Kier alpha value is -1.55. The van der Waals surface area contributed by atoms with E-state index in [-0.39, 0.29) is 12.0 Å². The summed E-state index contributed by atoms with van der Waals surface area (Å²) in [6.07, 6.45) is 1.61. The first-order chi connectivity index (χ1) is 9.09. The summed E-state index contributed by atoms with van der Waals surface area (Å²) in [5, 5.41) is 2.96. The van der Waals surface area contributed by atoms with Gasteiger partial charge in [0.15, 0.2) is 0 Å². The van der Waals surface area contributed by atoms with Gasteiger partial charge in [0.1, 0.15) is 11.9 Å². The Balaban J connectivity index is 1.87. The first-order valence-corrected chi connectivity index (χ1v) is 6.82. The van der Waals surface area contributed by atoms with Crippen LogP contribution in [0, 0.1) is 5.41 Å². The lowest BCUT2D eigenvalue weighted by Gasteiger charge is -2.25. The third kappa shape index (κ3) is 2.89. The highest BCUT2D eigenvalue weighted by molar-refractivity contribution is 5.82. The summed E-state index contributed by atoms with van der Waals surface area (Å²) in [5.41, 5.74) is 6.41. The molecule has 3 N–H and O–H groups in total. The largest absolute Gasteiger partial charge is 0.488 e. The van der Waals surface area contributed by atoms with Gasteiger partial charge in [0, 0.05) is 13.0 Å². The number of hydrogen-bond donors (Lipinski definition) is 2. The molecule has 0 aliphatic carbocycles. The van der Waals surface area contributed by atoms with Crippen LogP contribution < -0.4 is 15.8 Å². The minimum absolute atomic E-state index is 0.0112. The van der Waals surface area contributed by atoms with Crippen molar-refractivity contribution < 1.29 is 9.53 Å². The number of amides is 1. The molecule has 19 heavy (non-hydrogen) atoms. The molecule has 2 atom stereocenters. The molecule has 4 nitrogen and oxygen atoms in total. The van der Waals surface area contributed by atoms with E-state index in [0.29, 0.717) is 13.1 Å². The predicted octanol–water partition coefficient (Wildman–Crippen LogP) is 1.48. The van der Waals surface area contributed by atoms with E-state index in [1.54, 1.807) is 0 Å². The Bertz CT molecular complexity index is 430. The number of nitrogens with one attached hydrogen (secondary N) is 1. The average Bonchev–Trinajstić information content (AvgIpc) is 2.86. The lowest BCUT2D eigenvalue weighted by molar-refractivity contribution is -0.130. The minimum atomic E-state index is -0.481. The number of benzene rings is 1. The summed E-state index contributed by atoms with van der Waals surface area (Å²) >= 11 is 0. The summed E-state index contributed by atoms with van der Waals surface area (Å²) in [6.45, 7) is 4.77. The number of fused-ring (bicyclic) bond motifs is 1. The molecule has 1 aliphatic heterocycles. The Kier molecular flexibility index (Phi) is 4.10. The summed E-state index contributed by atoms with van der Waals surface area (Å²) < 4.78 is 5.79. The molecule has 1 heterocycles. The monoisotopic (exact) mass is 262 g/mol. The topological polar surface area (TPSA) is 64.4 Å². The molecule has 0 aromatic heterocycles. The van der Waals surface area contributed by atoms with E-state index >= 15 is 0 Å². The molecule has 4 heteroatoms. The Labute approximate surface area is 114 Å². The van der Waals surface area contributed by atoms with Crippen LogP contribution in [0.15, 0.2) is 24.3 Å². The van der Waals surface area contributed by atoms with E-state index in [1.165, 1.54) is 5.56 Å². The zero-order valence-electron chi connectivity index (χ0n) is 11.6. The van der Waals surface area contributed by atoms with Crippen LogP contribution in [-0.4, -0.2) is 25.1 Å². The Morgan fingerprint density at radius 3 is 2.89 bits per heavy atom. The van der Waals surface area contributed by atoms with Crippen molar-refractivity contribution in [3.8, 4) is 5.75 Å². The maximum absolute atomic E-state index is 12.1. The molecular weight excluding hydrogens is 240 g/mol. The van der Waals surface area contributed by atoms with Gasteiger partial charge in [-0.15, -0.1) is 0 Å². The average molecular weight is 262 g/mol. The Morgan fingerprint density at radius 1 is 1.53 bits per heavy atom. The molecule has 1 aromatic carbocycles. The van der Waals surface area contributed by atoms with Crippen molar-refractivity contribution in [3.63, 3.8) is 0 Å². The van der Waals surface area contributed by atoms with Gasteiger partial charge in [-0.1, -0.05) is 25.1 Å². The minimum Gasteiger partial charge on any atom is -0.488 e. The highest BCUT2D eigenvalue weighted by Gasteiger charge is 2.31. The molecule has 1 aromatic rings. The fourth-order valence-electron chi connectivity index (χ4n) is 2.19. The van der Waals surface area contributed by atoms with Crippen molar-refractivity contribution >= 4 is 5.91 Å². The van der Waals surface area contributed by atoms with E-state index in [1.807, 2.05) is 32.0 Å². The molecule has 0 saturated heterocycles. The van der Waals surface area contributed by atoms with Crippen molar-refractivity contribution in [1.82, 2.24) is 5.32 Å². The smallest absolute Gasteiger partial charge is 0.227 e. The second kappa shape index (κ2) is 5.61. The van der Waals surface area contributed by atoms with Crippen molar-refractivity contribution in [2.75, 3.05) is 13.1 Å². The van der Waals surface area contributed by atoms with Crippen LogP contribution in [0.3, 0.4) is 0 Å². The molecule has 0 bridgehead atoms. The quantitative estimate of drug-likeness (QED) is 0.845. The molecule has 104 valence electrons. The molecule has 2 rings (SSSR count). The number of carbonyl (C=O) groups is 1. The fourth-order valence-corrected chi connectivity index (χ4v) is 2.19. The van der Waals surface area contributed by atoms with Gasteiger partial charge in [0.2, 0.25) is 5.91 Å². The van der Waals surface area contributed by atoms with Gasteiger partial charge in [-0.2, -0.15) is 0 Å². The number of rotatable bonds is 5. The Morgan fingerprint density at radius 2 is 2.26 bits per heavy atom. The lowest BCUT2D eigenvalue weighted by atomic mass is 9.86. The van der Waals surface area contributed by atoms with E-state index in [0.717, 1.165) is 18.6 Å². The van der Waals surface area contributed by atoms with Gasteiger partial charge < -0.3 is 15.8 Å². The maximum atomic E-state index is 12.1. The van der Waals surface area contributed by atoms with Crippen molar-refractivity contribution in [3.05, 3.63) is 29.8 Å². The molecular formula is C15H22N2O2. The SMILES string of the molecule is CCC(C)(CN)C(=O)NCC1Cc2ccccc2O1. The number of nitrogens with two attached hydrogens (primary N) is 1. The van der Waals surface area contributed by atoms with Gasteiger partial charge in [-0.3, -0.25) is 4.79 Å². The summed E-state index contributed by atoms with van der Waals surface area (Å²) in [6, 6.07) is 7.99. The second-order valence-corrected chi connectivity index (χ2v) is 5.38. The third-order valence-corrected chi connectivity index (χ3v) is 3.98. The molecule has 0 saturated carbocycles. The zero-order chi connectivity index (χ0) is 13.9. The molecule has 0 fully saturated rings. The number of para-hydroxylation sites is 1. The van der Waals surface area contributed by atoms with E-state index in [2.05, 4.69) is 11.4 Å². The van der Waals surface area contributed by atoms with Gasteiger partial charge in [0.25, 0.3) is 0 Å². The molecule has 0 spiro atoms. The first-order valence-electron chi connectivity index (χ1n) is 6.82. The fraction of sp³-hybridized carbons (Fsp3) is 0.533. The van der Waals surface area contributed by atoms with Gasteiger partial charge >= 0.3 is 0 Å². The van der Waals surface area contributed by atoms with Crippen LogP contribution >= 0.6 is 0 Å². The highest BCUT2D eigenvalue weighted by atomic mass is 16.5. The maximum Gasteiger partial charge on any atom is 0.227 e. The van der Waals surface area contributed by atoms with Gasteiger partial charge in [0.05, 0.1) is 12.0 Å². The van der Waals surface area contributed by atoms with Crippen LogP contribution in [0.1, 0.15) is 25.8 Å². The molecule has 1 aliphatic rings. The highest BCUT2D eigenvalue weighted by Crippen LogP contribution is 2.28. The second-order valence-electron chi connectivity index (χ2n) is 5.38. The lowest BCUT2D eigenvalue weighted by Crippen LogP contribution is -2.46. The van der Waals surface area contributed by atoms with Crippen LogP contribution in [0.2, 0.25) is 0 Å². The first kappa shape index (κ1) is 13.9. The van der Waals surface area contributed by atoms with Gasteiger partial charge in [-0.05, 0) is 25.0 Å².